The molecule has 0 saturated carbocycles. The summed E-state index contributed by atoms with van der Waals surface area (Å²) in [4.78, 5) is 4.24. The van der Waals surface area contributed by atoms with Crippen molar-refractivity contribution in [2.45, 2.75) is 0 Å². The molecular formula is C9H7BrClN3. The third-order valence-electron chi connectivity index (χ3n) is 1.84. The minimum absolute atomic E-state index is 0.588. The molecule has 0 unspecified atom stereocenters. The Balaban J connectivity index is 2.49. The molecule has 0 atom stereocenters. The van der Waals surface area contributed by atoms with Crippen molar-refractivity contribution < 1.29 is 0 Å². The molecule has 1 aromatic heterocycles. The van der Waals surface area contributed by atoms with Gasteiger partial charge in [0.1, 0.15) is 0 Å². The molecule has 72 valence electrons. The summed E-state index contributed by atoms with van der Waals surface area (Å²) in [6.45, 7) is 0. The van der Waals surface area contributed by atoms with E-state index in [-0.39, 0.29) is 0 Å². The molecule has 1 heterocycles. The van der Waals surface area contributed by atoms with Gasteiger partial charge in [-0.25, -0.2) is 9.67 Å². The van der Waals surface area contributed by atoms with Crippen molar-refractivity contribution in [3.05, 3.63) is 34.0 Å². The Morgan fingerprint density at radius 1 is 1.29 bits per heavy atom. The maximum atomic E-state index is 5.79. The summed E-state index contributed by atoms with van der Waals surface area (Å²) in [5, 5.41) is 4.82. The summed E-state index contributed by atoms with van der Waals surface area (Å²) < 4.78 is 2.30. The first-order valence-corrected chi connectivity index (χ1v) is 5.16. The number of aromatic nitrogens is 3. The number of nitrogens with zero attached hydrogens (tertiary/aromatic N) is 3. The quantitative estimate of drug-likeness (QED) is 0.799. The van der Waals surface area contributed by atoms with E-state index < -0.39 is 0 Å². The lowest BCUT2D eigenvalue weighted by Gasteiger charge is -1.99. The molecule has 0 aliphatic rings. The molecule has 0 radical (unpaired) electrons. The number of benzene rings is 1. The molecule has 0 aliphatic heterocycles. The minimum Gasteiger partial charge on any atom is -0.248 e. The third kappa shape index (κ3) is 1.81. The fourth-order valence-corrected chi connectivity index (χ4v) is 1.74. The van der Waals surface area contributed by atoms with Crippen molar-refractivity contribution in [1.82, 2.24) is 14.8 Å². The molecule has 0 spiro atoms. The van der Waals surface area contributed by atoms with E-state index >= 15 is 0 Å². The van der Waals surface area contributed by atoms with Crippen LogP contribution in [0, 0.1) is 0 Å². The molecule has 3 nitrogen and oxygen atoms in total. The second kappa shape index (κ2) is 3.71. The van der Waals surface area contributed by atoms with Crippen LogP contribution in [-0.4, -0.2) is 14.8 Å². The zero-order chi connectivity index (χ0) is 10.1. The highest BCUT2D eigenvalue weighted by Crippen LogP contribution is 2.20. The lowest BCUT2D eigenvalue weighted by molar-refractivity contribution is 0.768. The van der Waals surface area contributed by atoms with Crippen molar-refractivity contribution >= 4 is 27.5 Å². The van der Waals surface area contributed by atoms with Crippen molar-refractivity contribution in [1.29, 1.82) is 0 Å². The molecule has 1 aromatic carbocycles. The van der Waals surface area contributed by atoms with E-state index in [4.69, 9.17) is 11.6 Å². The van der Waals surface area contributed by atoms with E-state index in [0.717, 1.165) is 16.4 Å². The fraction of sp³-hybridized carbons (Fsp3) is 0.111. The number of hydrogen-bond donors (Lipinski definition) is 0. The molecule has 0 fully saturated rings. The van der Waals surface area contributed by atoms with Gasteiger partial charge in [0, 0.05) is 17.6 Å². The van der Waals surface area contributed by atoms with E-state index in [1.807, 2.05) is 31.3 Å². The maximum absolute atomic E-state index is 5.79. The molecular weight excluding hydrogens is 265 g/mol. The van der Waals surface area contributed by atoms with Crippen LogP contribution in [0.5, 0.6) is 0 Å². The Hall–Kier alpha value is -0.870. The molecule has 0 bridgehead atoms. The Morgan fingerprint density at radius 3 is 2.43 bits per heavy atom. The molecule has 0 saturated heterocycles. The smallest absolute Gasteiger partial charge is 0.217 e. The van der Waals surface area contributed by atoms with E-state index in [1.165, 1.54) is 0 Å². The van der Waals surface area contributed by atoms with Crippen LogP contribution in [0.15, 0.2) is 29.0 Å². The molecule has 0 N–H and O–H groups in total. The zero-order valence-corrected chi connectivity index (χ0v) is 9.75. The van der Waals surface area contributed by atoms with Crippen molar-refractivity contribution in [3.63, 3.8) is 0 Å². The standard InChI is InChI=1S/C9H7BrClN3/c1-14-8(12-9(10)13-14)6-2-4-7(11)5-3-6/h2-5H,1H3. The predicted molar refractivity (Wildman–Crippen MR) is 59.1 cm³/mol. The number of aryl methyl sites for hydroxylation is 1. The highest BCUT2D eigenvalue weighted by Gasteiger charge is 2.06. The summed E-state index contributed by atoms with van der Waals surface area (Å²) >= 11 is 9.02. The van der Waals surface area contributed by atoms with Crippen LogP contribution in [0.1, 0.15) is 0 Å². The van der Waals surface area contributed by atoms with Gasteiger partial charge in [0.05, 0.1) is 0 Å². The number of halogens is 2. The highest BCUT2D eigenvalue weighted by atomic mass is 79.9. The van der Waals surface area contributed by atoms with Gasteiger partial charge in [0.2, 0.25) is 4.73 Å². The predicted octanol–water partition coefficient (Wildman–Crippen LogP) is 2.90. The van der Waals surface area contributed by atoms with Gasteiger partial charge in [0.25, 0.3) is 0 Å². The van der Waals surface area contributed by atoms with Crippen LogP contribution in [0.3, 0.4) is 0 Å². The van der Waals surface area contributed by atoms with E-state index in [1.54, 1.807) is 4.68 Å². The molecule has 2 rings (SSSR count). The van der Waals surface area contributed by atoms with Crippen LogP contribution in [0.4, 0.5) is 0 Å². The van der Waals surface area contributed by atoms with Gasteiger partial charge >= 0.3 is 0 Å². The van der Waals surface area contributed by atoms with Crippen LogP contribution >= 0.6 is 27.5 Å². The van der Waals surface area contributed by atoms with Gasteiger partial charge in [-0.3, -0.25) is 0 Å². The molecule has 0 amide bonds. The summed E-state index contributed by atoms with van der Waals surface area (Å²) in [7, 11) is 1.85. The third-order valence-corrected chi connectivity index (χ3v) is 2.43. The Morgan fingerprint density at radius 2 is 1.93 bits per heavy atom. The van der Waals surface area contributed by atoms with Gasteiger partial charge in [-0.05, 0) is 40.2 Å². The van der Waals surface area contributed by atoms with Crippen LogP contribution < -0.4 is 0 Å². The van der Waals surface area contributed by atoms with Gasteiger partial charge in [-0.2, -0.15) is 0 Å². The minimum atomic E-state index is 0.588. The fourth-order valence-electron chi connectivity index (χ4n) is 1.20. The molecule has 2 aromatic rings. The van der Waals surface area contributed by atoms with Crippen LogP contribution in [-0.2, 0) is 7.05 Å². The highest BCUT2D eigenvalue weighted by molar-refractivity contribution is 9.10. The largest absolute Gasteiger partial charge is 0.248 e. The summed E-state index contributed by atoms with van der Waals surface area (Å²) in [5.74, 6) is 0.813. The molecule has 0 aliphatic carbocycles. The first kappa shape index (κ1) is 9.68. The van der Waals surface area contributed by atoms with Gasteiger partial charge < -0.3 is 0 Å². The lowest BCUT2D eigenvalue weighted by Crippen LogP contribution is -1.93. The zero-order valence-electron chi connectivity index (χ0n) is 7.41. The lowest BCUT2D eigenvalue weighted by atomic mass is 10.2. The summed E-state index contributed by atoms with van der Waals surface area (Å²) in [5.41, 5.74) is 0.995. The van der Waals surface area contributed by atoms with Crippen LogP contribution in [0.2, 0.25) is 5.02 Å². The maximum Gasteiger partial charge on any atom is 0.217 e. The monoisotopic (exact) mass is 271 g/mol. The van der Waals surface area contributed by atoms with E-state index in [9.17, 15) is 0 Å². The number of rotatable bonds is 1. The summed E-state index contributed by atoms with van der Waals surface area (Å²) in [6.07, 6.45) is 0. The van der Waals surface area contributed by atoms with Crippen molar-refractivity contribution in [3.8, 4) is 11.4 Å². The molecule has 14 heavy (non-hydrogen) atoms. The Bertz CT molecular complexity index is 450. The second-order valence-electron chi connectivity index (χ2n) is 2.83. The van der Waals surface area contributed by atoms with Crippen molar-refractivity contribution in [2.75, 3.05) is 0 Å². The SMILES string of the molecule is Cn1nc(Br)nc1-c1ccc(Cl)cc1. The van der Waals surface area contributed by atoms with Gasteiger partial charge in [0.15, 0.2) is 5.82 Å². The number of hydrogen-bond acceptors (Lipinski definition) is 2. The molecule has 5 heteroatoms. The van der Waals surface area contributed by atoms with Crippen LogP contribution in [0.25, 0.3) is 11.4 Å². The second-order valence-corrected chi connectivity index (χ2v) is 3.98. The first-order chi connectivity index (χ1) is 6.66. The average molecular weight is 273 g/mol. The Labute approximate surface area is 94.9 Å². The normalized spacial score (nSPS) is 10.5. The summed E-state index contributed by atoms with van der Waals surface area (Å²) in [6, 6.07) is 7.50. The average Bonchev–Trinajstić information content (AvgIpc) is 2.47. The first-order valence-electron chi connectivity index (χ1n) is 3.99. The van der Waals surface area contributed by atoms with E-state index in [0.29, 0.717) is 4.73 Å². The topological polar surface area (TPSA) is 30.7 Å². The van der Waals surface area contributed by atoms with Gasteiger partial charge in [-0.15, -0.1) is 5.10 Å². The Kier molecular flexibility index (Phi) is 2.56. The van der Waals surface area contributed by atoms with E-state index in [2.05, 4.69) is 26.0 Å². The van der Waals surface area contributed by atoms with Crippen molar-refractivity contribution in [2.24, 2.45) is 7.05 Å². The van der Waals surface area contributed by atoms with Gasteiger partial charge in [-0.1, -0.05) is 11.6 Å².